The van der Waals surface area contributed by atoms with E-state index < -0.39 is 21.8 Å². The topological polar surface area (TPSA) is 96.4 Å². The first-order valence-electron chi connectivity index (χ1n) is 5.47. The fourth-order valence-electron chi connectivity index (χ4n) is 1.51. The van der Waals surface area contributed by atoms with Crippen molar-refractivity contribution in [1.82, 2.24) is 4.98 Å². The van der Waals surface area contributed by atoms with Crippen molar-refractivity contribution in [2.75, 3.05) is 4.72 Å². The normalized spacial score (nSPS) is 11.1. The molecule has 0 amide bonds. The van der Waals surface area contributed by atoms with Gasteiger partial charge >= 0.3 is 5.97 Å². The van der Waals surface area contributed by atoms with Gasteiger partial charge in [0.1, 0.15) is 16.5 Å². The summed E-state index contributed by atoms with van der Waals surface area (Å²) in [5.41, 5.74) is -0.132. The average Bonchev–Trinajstić information content (AvgIpc) is 2.37. The Hall–Kier alpha value is -2.19. The number of carboxylic acid groups (broad SMARTS) is 1. The van der Waals surface area contributed by atoms with Gasteiger partial charge in [-0.25, -0.2) is 22.6 Å². The highest BCUT2D eigenvalue weighted by molar-refractivity contribution is 7.92. The lowest BCUT2D eigenvalue weighted by Crippen LogP contribution is -2.15. The van der Waals surface area contributed by atoms with E-state index in [4.69, 9.17) is 16.7 Å². The zero-order valence-electron chi connectivity index (χ0n) is 10.2. The Kier molecular flexibility index (Phi) is 4.10. The second-order valence-electron chi connectivity index (χ2n) is 3.92. The van der Waals surface area contributed by atoms with E-state index in [0.717, 1.165) is 30.5 Å². The van der Waals surface area contributed by atoms with E-state index in [1.807, 2.05) is 0 Å². The van der Waals surface area contributed by atoms with Gasteiger partial charge in [-0.3, -0.25) is 4.72 Å². The van der Waals surface area contributed by atoms with Gasteiger partial charge in [0.05, 0.1) is 10.6 Å². The van der Waals surface area contributed by atoms with Crippen LogP contribution in [0.2, 0.25) is 5.02 Å². The van der Waals surface area contributed by atoms with E-state index in [1.165, 1.54) is 6.07 Å². The molecule has 1 heterocycles. The summed E-state index contributed by atoms with van der Waals surface area (Å²) in [5, 5.41) is 8.54. The lowest BCUT2D eigenvalue weighted by Gasteiger charge is -2.09. The fourth-order valence-corrected chi connectivity index (χ4v) is 3.04. The minimum Gasteiger partial charge on any atom is -0.478 e. The third-order valence-electron chi connectivity index (χ3n) is 2.43. The Balaban J connectivity index is 2.37. The summed E-state index contributed by atoms with van der Waals surface area (Å²) in [6.45, 7) is 0. The lowest BCUT2D eigenvalue weighted by molar-refractivity contribution is 0.0697. The Labute approximate surface area is 124 Å². The standard InChI is InChI=1S/C12H8ClFN2O4S/c13-9-6-8(14)1-2-10(9)21(19,20)16-11-5-7(12(17)18)3-4-15-11/h1-6H,(H,15,16)(H,17,18). The number of aromatic carboxylic acids is 1. The van der Waals surface area contributed by atoms with Crippen LogP contribution in [0.5, 0.6) is 0 Å². The number of anilines is 1. The van der Waals surface area contributed by atoms with Crippen LogP contribution in [0.1, 0.15) is 10.4 Å². The van der Waals surface area contributed by atoms with Crippen molar-refractivity contribution in [3.8, 4) is 0 Å². The number of benzene rings is 1. The molecule has 0 saturated heterocycles. The van der Waals surface area contributed by atoms with Crippen molar-refractivity contribution in [3.63, 3.8) is 0 Å². The molecule has 0 radical (unpaired) electrons. The van der Waals surface area contributed by atoms with E-state index in [1.54, 1.807) is 0 Å². The fraction of sp³-hybridized carbons (Fsp3) is 0. The van der Waals surface area contributed by atoms with Gasteiger partial charge in [-0.15, -0.1) is 0 Å². The number of hydrogen-bond donors (Lipinski definition) is 2. The monoisotopic (exact) mass is 330 g/mol. The molecule has 2 N–H and O–H groups in total. The third kappa shape index (κ3) is 3.47. The van der Waals surface area contributed by atoms with E-state index >= 15 is 0 Å². The highest BCUT2D eigenvalue weighted by atomic mass is 35.5. The summed E-state index contributed by atoms with van der Waals surface area (Å²) in [4.78, 5) is 14.2. The molecular weight excluding hydrogens is 323 g/mol. The van der Waals surface area contributed by atoms with Crippen molar-refractivity contribution in [2.45, 2.75) is 4.90 Å². The van der Waals surface area contributed by atoms with Gasteiger partial charge < -0.3 is 5.11 Å². The van der Waals surface area contributed by atoms with Crippen LogP contribution in [0.15, 0.2) is 41.4 Å². The number of sulfonamides is 1. The number of nitrogens with one attached hydrogen (secondary N) is 1. The SMILES string of the molecule is O=C(O)c1ccnc(NS(=O)(=O)c2ccc(F)cc2Cl)c1. The van der Waals surface area contributed by atoms with Gasteiger partial charge in [0.25, 0.3) is 10.0 Å². The van der Waals surface area contributed by atoms with Crippen molar-refractivity contribution in [3.05, 3.63) is 52.9 Å². The molecule has 0 spiro atoms. The smallest absolute Gasteiger partial charge is 0.335 e. The number of carbonyl (C=O) groups is 1. The molecule has 1 aromatic carbocycles. The molecule has 6 nitrogen and oxygen atoms in total. The molecule has 1 aromatic heterocycles. The Morgan fingerprint density at radius 3 is 2.62 bits per heavy atom. The molecule has 0 aliphatic heterocycles. The molecule has 0 saturated carbocycles. The predicted octanol–water partition coefficient (Wildman–Crippen LogP) is 2.37. The van der Waals surface area contributed by atoms with E-state index in [9.17, 15) is 17.6 Å². The third-order valence-corrected chi connectivity index (χ3v) is 4.27. The molecule has 0 aliphatic carbocycles. The van der Waals surface area contributed by atoms with Crippen molar-refractivity contribution >= 4 is 33.4 Å². The molecule has 0 bridgehead atoms. The Morgan fingerprint density at radius 1 is 1.29 bits per heavy atom. The molecule has 0 aliphatic rings. The van der Waals surface area contributed by atoms with Gasteiger partial charge in [-0.1, -0.05) is 11.6 Å². The first-order valence-corrected chi connectivity index (χ1v) is 7.33. The number of rotatable bonds is 4. The molecule has 2 rings (SSSR count). The largest absolute Gasteiger partial charge is 0.478 e. The van der Waals surface area contributed by atoms with Gasteiger partial charge in [0.15, 0.2) is 0 Å². The molecule has 21 heavy (non-hydrogen) atoms. The van der Waals surface area contributed by atoms with Crippen LogP contribution in [-0.4, -0.2) is 24.5 Å². The van der Waals surface area contributed by atoms with Gasteiger partial charge in [-0.05, 0) is 30.3 Å². The number of nitrogens with zero attached hydrogens (tertiary/aromatic N) is 1. The molecule has 9 heteroatoms. The molecule has 2 aromatic rings. The van der Waals surface area contributed by atoms with E-state index in [-0.39, 0.29) is 21.3 Å². The second-order valence-corrected chi connectivity index (χ2v) is 5.97. The van der Waals surface area contributed by atoms with Crippen LogP contribution in [-0.2, 0) is 10.0 Å². The van der Waals surface area contributed by atoms with Crippen LogP contribution in [0.4, 0.5) is 10.2 Å². The maximum absolute atomic E-state index is 12.9. The average molecular weight is 331 g/mol. The molecule has 0 unspecified atom stereocenters. The molecule has 0 atom stereocenters. The summed E-state index contributed by atoms with van der Waals surface area (Å²) in [7, 11) is -4.11. The minimum absolute atomic E-state index is 0.132. The summed E-state index contributed by atoms with van der Waals surface area (Å²) < 4.78 is 39.2. The Morgan fingerprint density at radius 2 is 2.00 bits per heavy atom. The number of pyridine rings is 1. The summed E-state index contributed by atoms with van der Waals surface area (Å²) in [6.07, 6.45) is 1.15. The van der Waals surface area contributed by atoms with E-state index in [2.05, 4.69) is 9.71 Å². The highest BCUT2D eigenvalue weighted by Crippen LogP contribution is 2.24. The molecule has 110 valence electrons. The second kappa shape index (κ2) is 5.66. The van der Waals surface area contributed by atoms with Gasteiger partial charge in [0, 0.05) is 6.20 Å². The number of hydrogen-bond acceptors (Lipinski definition) is 4. The van der Waals surface area contributed by atoms with Crippen LogP contribution < -0.4 is 4.72 Å². The van der Waals surface area contributed by atoms with Crippen LogP contribution >= 0.6 is 11.6 Å². The van der Waals surface area contributed by atoms with Crippen LogP contribution in [0, 0.1) is 5.82 Å². The highest BCUT2D eigenvalue weighted by Gasteiger charge is 2.19. The van der Waals surface area contributed by atoms with Crippen molar-refractivity contribution in [2.24, 2.45) is 0 Å². The molecular formula is C12H8ClFN2O4S. The number of halogens is 2. The first kappa shape index (κ1) is 15.2. The van der Waals surface area contributed by atoms with Crippen LogP contribution in [0.3, 0.4) is 0 Å². The Bertz CT molecular complexity index is 811. The number of carboxylic acids is 1. The predicted molar refractivity (Wildman–Crippen MR) is 73.4 cm³/mol. The minimum atomic E-state index is -4.11. The maximum Gasteiger partial charge on any atom is 0.335 e. The maximum atomic E-state index is 12.9. The number of aromatic nitrogens is 1. The van der Waals surface area contributed by atoms with E-state index in [0.29, 0.717) is 0 Å². The zero-order chi connectivity index (χ0) is 15.6. The van der Waals surface area contributed by atoms with Crippen molar-refractivity contribution in [1.29, 1.82) is 0 Å². The van der Waals surface area contributed by atoms with Gasteiger partial charge in [-0.2, -0.15) is 0 Å². The first-order chi connectivity index (χ1) is 9.79. The lowest BCUT2D eigenvalue weighted by atomic mass is 10.3. The summed E-state index contributed by atoms with van der Waals surface area (Å²) in [6, 6.07) is 5.07. The quantitative estimate of drug-likeness (QED) is 0.897. The summed E-state index contributed by atoms with van der Waals surface area (Å²) in [5.74, 6) is -2.09. The molecule has 0 fully saturated rings. The summed E-state index contributed by atoms with van der Waals surface area (Å²) >= 11 is 5.69. The van der Waals surface area contributed by atoms with Crippen LogP contribution in [0.25, 0.3) is 0 Å². The van der Waals surface area contributed by atoms with Gasteiger partial charge in [0.2, 0.25) is 0 Å². The zero-order valence-corrected chi connectivity index (χ0v) is 11.8. The van der Waals surface area contributed by atoms with Crippen molar-refractivity contribution < 1.29 is 22.7 Å².